The lowest BCUT2D eigenvalue weighted by Crippen LogP contribution is -2.36. The number of likely N-dealkylation sites (tertiary alicyclic amines) is 1. The van der Waals surface area contributed by atoms with Crippen LogP contribution < -0.4 is 10.5 Å². The first-order chi connectivity index (χ1) is 8.75. The molecule has 1 saturated heterocycles. The SMILES string of the molecule is NC1COc2cccc(C(=O)N3CCCC3)c2C1. The third-order valence-electron chi connectivity index (χ3n) is 3.68. The molecule has 4 heteroatoms. The smallest absolute Gasteiger partial charge is 0.254 e. The monoisotopic (exact) mass is 246 g/mol. The maximum absolute atomic E-state index is 12.5. The van der Waals surface area contributed by atoms with Crippen LogP contribution >= 0.6 is 0 Å². The van der Waals surface area contributed by atoms with Gasteiger partial charge in [-0.3, -0.25) is 4.79 Å². The average molecular weight is 246 g/mol. The zero-order chi connectivity index (χ0) is 12.5. The average Bonchev–Trinajstić information content (AvgIpc) is 2.91. The molecule has 0 saturated carbocycles. The van der Waals surface area contributed by atoms with Crippen molar-refractivity contribution in [3.63, 3.8) is 0 Å². The van der Waals surface area contributed by atoms with Crippen LogP contribution in [-0.4, -0.2) is 36.5 Å². The Bertz CT molecular complexity index is 467. The molecule has 0 radical (unpaired) electrons. The molecule has 2 N–H and O–H groups in total. The fourth-order valence-corrected chi connectivity index (χ4v) is 2.72. The standard InChI is InChI=1S/C14H18N2O2/c15-10-8-12-11(4-3-5-13(12)18-9-10)14(17)16-6-1-2-7-16/h3-5,10H,1-2,6-9,15H2. The van der Waals surface area contributed by atoms with E-state index < -0.39 is 0 Å². The highest BCUT2D eigenvalue weighted by molar-refractivity contribution is 5.96. The largest absolute Gasteiger partial charge is 0.492 e. The van der Waals surface area contributed by atoms with Crippen LogP contribution in [0.15, 0.2) is 18.2 Å². The molecular formula is C14H18N2O2. The molecule has 2 aliphatic rings. The summed E-state index contributed by atoms with van der Waals surface area (Å²) in [4.78, 5) is 14.4. The maximum atomic E-state index is 12.5. The number of nitrogens with zero attached hydrogens (tertiary/aromatic N) is 1. The van der Waals surface area contributed by atoms with Gasteiger partial charge in [-0.25, -0.2) is 0 Å². The first-order valence-corrected chi connectivity index (χ1v) is 6.55. The van der Waals surface area contributed by atoms with Gasteiger partial charge in [-0.05, 0) is 31.4 Å². The van der Waals surface area contributed by atoms with Crippen molar-refractivity contribution in [2.24, 2.45) is 5.73 Å². The van der Waals surface area contributed by atoms with Gasteiger partial charge >= 0.3 is 0 Å². The molecule has 1 aromatic carbocycles. The second-order valence-corrected chi connectivity index (χ2v) is 5.06. The van der Waals surface area contributed by atoms with Crippen LogP contribution in [0.5, 0.6) is 5.75 Å². The Morgan fingerprint density at radius 3 is 2.89 bits per heavy atom. The number of ether oxygens (including phenoxy) is 1. The number of nitrogens with two attached hydrogens (primary N) is 1. The van der Waals surface area contributed by atoms with E-state index in [1.54, 1.807) is 0 Å². The van der Waals surface area contributed by atoms with E-state index in [2.05, 4.69) is 0 Å². The van der Waals surface area contributed by atoms with E-state index >= 15 is 0 Å². The fourth-order valence-electron chi connectivity index (χ4n) is 2.72. The minimum Gasteiger partial charge on any atom is -0.492 e. The number of carbonyl (C=O) groups is 1. The summed E-state index contributed by atoms with van der Waals surface area (Å²) in [5, 5.41) is 0. The van der Waals surface area contributed by atoms with Gasteiger partial charge in [0.25, 0.3) is 5.91 Å². The second-order valence-electron chi connectivity index (χ2n) is 5.06. The lowest BCUT2D eigenvalue weighted by atomic mass is 9.97. The van der Waals surface area contributed by atoms with Crippen molar-refractivity contribution in [3.05, 3.63) is 29.3 Å². The van der Waals surface area contributed by atoms with Crippen molar-refractivity contribution >= 4 is 5.91 Å². The Kier molecular flexibility index (Phi) is 2.96. The molecule has 1 aromatic rings. The van der Waals surface area contributed by atoms with Crippen molar-refractivity contribution in [1.29, 1.82) is 0 Å². The van der Waals surface area contributed by atoms with Crippen molar-refractivity contribution in [2.75, 3.05) is 19.7 Å². The minimum absolute atomic E-state index is 0.00923. The van der Waals surface area contributed by atoms with Gasteiger partial charge in [0.1, 0.15) is 12.4 Å². The van der Waals surface area contributed by atoms with E-state index in [1.165, 1.54) is 0 Å². The van der Waals surface area contributed by atoms with Crippen molar-refractivity contribution in [2.45, 2.75) is 25.3 Å². The first-order valence-electron chi connectivity index (χ1n) is 6.55. The highest BCUT2D eigenvalue weighted by Gasteiger charge is 2.26. The van der Waals surface area contributed by atoms with E-state index in [4.69, 9.17) is 10.5 Å². The summed E-state index contributed by atoms with van der Waals surface area (Å²) < 4.78 is 5.59. The number of hydrogen-bond acceptors (Lipinski definition) is 3. The lowest BCUT2D eigenvalue weighted by molar-refractivity contribution is 0.0790. The van der Waals surface area contributed by atoms with Gasteiger partial charge in [0.15, 0.2) is 0 Å². The molecule has 2 aliphatic heterocycles. The molecule has 1 fully saturated rings. The number of hydrogen-bond donors (Lipinski definition) is 1. The van der Waals surface area contributed by atoms with Gasteiger partial charge in [-0.2, -0.15) is 0 Å². The number of rotatable bonds is 1. The molecule has 96 valence electrons. The summed E-state index contributed by atoms with van der Waals surface area (Å²) in [6, 6.07) is 5.69. The summed E-state index contributed by atoms with van der Waals surface area (Å²) in [5.41, 5.74) is 7.67. The molecule has 0 spiro atoms. The Morgan fingerprint density at radius 1 is 1.33 bits per heavy atom. The lowest BCUT2D eigenvalue weighted by Gasteiger charge is -2.25. The topological polar surface area (TPSA) is 55.6 Å². The molecule has 2 heterocycles. The van der Waals surface area contributed by atoms with Crippen LogP contribution in [-0.2, 0) is 6.42 Å². The van der Waals surface area contributed by atoms with Crippen LogP contribution in [0.1, 0.15) is 28.8 Å². The number of carbonyl (C=O) groups excluding carboxylic acids is 1. The highest BCUT2D eigenvalue weighted by atomic mass is 16.5. The van der Waals surface area contributed by atoms with Crippen LogP contribution in [0, 0.1) is 0 Å². The van der Waals surface area contributed by atoms with Gasteiger partial charge in [0, 0.05) is 30.3 Å². The molecule has 4 nitrogen and oxygen atoms in total. The fraction of sp³-hybridized carbons (Fsp3) is 0.500. The molecule has 1 amide bonds. The van der Waals surface area contributed by atoms with Gasteiger partial charge in [-0.1, -0.05) is 6.07 Å². The third kappa shape index (κ3) is 1.97. The number of benzene rings is 1. The van der Waals surface area contributed by atoms with Crippen LogP contribution in [0.2, 0.25) is 0 Å². The molecule has 1 atom stereocenters. The van der Waals surface area contributed by atoms with Crippen LogP contribution in [0.25, 0.3) is 0 Å². The molecular weight excluding hydrogens is 228 g/mol. The van der Waals surface area contributed by atoms with Crippen LogP contribution in [0.4, 0.5) is 0 Å². The van der Waals surface area contributed by atoms with Crippen molar-refractivity contribution < 1.29 is 9.53 Å². The van der Waals surface area contributed by atoms with E-state index in [-0.39, 0.29) is 11.9 Å². The molecule has 0 aromatic heterocycles. The Labute approximate surface area is 107 Å². The predicted octanol–water partition coefficient (Wildman–Crippen LogP) is 1.18. The normalized spacial score (nSPS) is 22.5. The summed E-state index contributed by atoms with van der Waals surface area (Å²) in [6.07, 6.45) is 2.94. The molecule has 0 bridgehead atoms. The molecule has 18 heavy (non-hydrogen) atoms. The molecule has 3 rings (SSSR count). The summed E-state index contributed by atoms with van der Waals surface area (Å²) in [5.74, 6) is 0.948. The molecule has 1 unspecified atom stereocenters. The second kappa shape index (κ2) is 4.61. The first kappa shape index (κ1) is 11.5. The van der Waals surface area contributed by atoms with E-state index in [9.17, 15) is 4.79 Å². The highest BCUT2D eigenvalue weighted by Crippen LogP contribution is 2.28. The predicted molar refractivity (Wildman–Crippen MR) is 68.8 cm³/mol. The quantitative estimate of drug-likeness (QED) is 0.809. The van der Waals surface area contributed by atoms with Gasteiger partial charge in [0.05, 0.1) is 0 Å². The summed E-state index contributed by atoms with van der Waals surface area (Å²) in [6.45, 7) is 2.28. The van der Waals surface area contributed by atoms with Gasteiger partial charge in [-0.15, -0.1) is 0 Å². The third-order valence-corrected chi connectivity index (χ3v) is 3.68. The van der Waals surface area contributed by atoms with E-state index in [0.717, 1.165) is 49.2 Å². The van der Waals surface area contributed by atoms with Gasteiger partial charge in [0.2, 0.25) is 0 Å². The van der Waals surface area contributed by atoms with E-state index in [0.29, 0.717) is 6.61 Å². The molecule has 0 aliphatic carbocycles. The summed E-state index contributed by atoms with van der Waals surface area (Å²) >= 11 is 0. The Hall–Kier alpha value is -1.55. The Morgan fingerprint density at radius 2 is 2.11 bits per heavy atom. The zero-order valence-electron chi connectivity index (χ0n) is 10.4. The number of amides is 1. The summed E-state index contributed by atoms with van der Waals surface area (Å²) in [7, 11) is 0. The minimum atomic E-state index is -0.00923. The van der Waals surface area contributed by atoms with Crippen molar-refractivity contribution in [1.82, 2.24) is 4.90 Å². The number of fused-ring (bicyclic) bond motifs is 1. The zero-order valence-corrected chi connectivity index (χ0v) is 10.4. The van der Waals surface area contributed by atoms with E-state index in [1.807, 2.05) is 23.1 Å². The maximum Gasteiger partial charge on any atom is 0.254 e. The van der Waals surface area contributed by atoms with Crippen LogP contribution in [0.3, 0.4) is 0 Å². The Balaban J connectivity index is 1.94. The van der Waals surface area contributed by atoms with Crippen molar-refractivity contribution in [3.8, 4) is 5.75 Å². The van der Waals surface area contributed by atoms with Gasteiger partial charge < -0.3 is 15.4 Å².